The lowest BCUT2D eigenvalue weighted by Crippen LogP contribution is -2.02. The van der Waals surface area contributed by atoms with Crippen LogP contribution in [0.25, 0.3) is 0 Å². The van der Waals surface area contributed by atoms with Crippen LogP contribution in [0.5, 0.6) is 5.75 Å². The molecule has 6 heteroatoms. The van der Waals surface area contributed by atoms with Crippen molar-refractivity contribution in [3.63, 3.8) is 0 Å². The maximum Gasteiger partial charge on any atom is 0.339 e. The molecule has 0 spiro atoms. The third-order valence-corrected chi connectivity index (χ3v) is 2.92. The zero-order valence-electron chi connectivity index (χ0n) is 10.1. The highest BCUT2D eigenvalue weighted by Gasteiger charge is 2.11. The Morgan fingerprint density at radius 2 is 2.21 bits per heavy atom. The van der Waals surface area contributed by atoms with Crippen LogP contribution in [0.4, 0.5) is 0 Å². The lowest BCUT2D eigenvalue weighted by atomic mass is 10.1. The highest BCUT2D eigenvalue weighted by Crippen LogP contribution is 2.21. The van der Waals surface area contributed by atoms with Gasteiger partial charge in [0.1, 0.15) is 15.9 Å². The van der Waals surface area contributed by atoms with E-state index in [4.69, 9.17) is 9.84 Å². The summed E-state index contributed by atoms with van der Waals surface area (Å²) in [5, 5.41) is 9.01. The summed E-state index contributed by atoms with van der Waals surface area (Å²) in [5.41, 5.74) is 1.85. The SMILES string of the molecule is COc1cc(Cc2cncc(Br)n2)ccc1C(=O)O. The number of nitrogens with zero attached hydrogens (tertiary/aromatic N) is 2. The highest BCUT2D eigenvalue weighted by atomic mass is 79.9. The van der Waals surface area contributed by atoms with E-state index in [1.807, 2.05) is 0 Å². The smallest absolute Gasteiger partial charge is 0.339 e. The number of benzene rings is 1. The summed E-state index contributed by atoms with van der Waals surface area (Å²) in [6.45, 7) is 0. The lowest BCUT2D eigenvalue weighted by molar-refractivity contribution is 0.0693. The molecule has 0 radical (unpaired) electrons. The predicted molar refractivity (Wildman–Crippen MR) is 72.5 cm³/mol. The van der Waals surface area contributed by atoms with E-state index in [2.05, 4.69) is 25.9 Å². The van der Waals surface area contributed by atoms with Gasteiger partial charge in [-0.2, -0.15) is 0 Å². The van der Waals surface area contributed by atoms with E-state index in [9.17, 15) is 4.79 Å². The van der Waals surface area contributed by atoms with E-state index < -0.39 is 5.97 Å². The average molecular weight is 323 g/mol. The molecule has 5 nitrogen and oxygen atoms in total. The van der Waals surface area contributed by atoms with Gasteiger partial charge < -0.3 is 9.84 Å². The fourth-order valence-electron chi connectivity index (χ4n) is 1.70. The highest BCUT2D eigenvalue weighted by molar-refractivity contribution is 9.10. The van der Waals surface area contributed by atoms with Gasteiger partial charge in [-0.15, -0.1) is 0 Å². The molecule has 0 amide bonds. The van der Waals surface area contributed by atoms with E-state index in [1.54, 1.807) is 24.5 Å². The van der Waals surface area contributed by atoms with E-state index in [0.717, 1.165) is 11.3 Å². The Kier molecular flexibility index (Phi) is 4.11. The van der Waals surface area contributed by atoms with Crippen LogP contribution in [0, 0.1) is 0 Å². The fraction of sp³-hybridized carbons (Fsp3) is 0.154. The van der Waals surface area contributed by atoms with Crippen molar-refractivity contribution < 1.29 is 14.6 Å². The molecule has 2 aromatic rings. The molecule has 0 saturated heterocycles. The van der Waals surface area contributed by atoms with Crippen LogP contribution in [0.1, 0.15) is 21.6 Å². The summed E-state index contributed by atoms with van der Waals surface area (Å²) < 4.78 is 5.75. The summed E-state index contributed by atoms with van der Waals surface area (Å²) in [7, 11) is 1.45. The third kappa shape index (κ3) is 3.29. The Balaban J connectivity index is 2.29. The van der Waals surface area contributed by atoms with Crippen LogP contribution in [-0.4, -0.2) is 28.2 Å². The van der Waals surface area contributed by atoms with Gasteiger partial charge in [0.2, 0.25) is 0 Å². The Morgan fingerprint density at radius 3 is 2.84 bits per heavy atom. The van der Waals surface area contributed by atoms with Crippen molar-refractivity contribution in [1.29, 1.82) is 0 Å². The molecule has 0 saturated carbocycles. The van der Waals surface area contributed by atoms with Gasteiger partial charge in [0.05, 0.1) is 19.0 Å². The van der Waals surface area contributed by atoms with Crippen molar-refractivity contribution in [2.75, 3.05) is 7.11 Å². The Bertz CT molecular complexity index is 617. The molecule has 98 valence electrons. The van der Waals surface area contributed by atoms with Gasteiger partial charge in [-0.25, -0.2) is 9.78 Å². The number of carboxylic acid groups (broad SMARTS) is 1. The normalized spacial score (nSPS) is 10.2. The zero-order valence-corrected chi connectivity index (χ0v) is 11.7. The monoisotopic (exact) mass is 322 g/mol. The largest absolute Gasteiger partial charge is 0.496 e. The Morgan fingerprint density at radius 1 is 1.42 bits per heavy atom. The third-order valence-electron chi connectivity index (χ3n) is 2.54. The number of ether oxygens (including phenoxy) is 1. The van der Waals surface area contributed by atoms with Crippen molar-refractivity contribution in [3.05, 3.63) is 52.0 Å². The molecule has 0 bridgehead atoms. The number of hydrogen-bond donors (Lipinski definition) is 1. The first-order valence-corrected chi connectivity index (χ1v) is 6.26. The number of hydrogen-bond acceptors (Lipinski definition) is 4. The number of methoxy groups -OCH3 is 1. The van der Waals surface area contributed by atoms with Gasteiger partial charge in [-0.1, -0.05) is 6.07 Å². The Hall–Kier alpha value is -1.95. The molecule has 2 rings (SSSR count). The van der Waals surface area contributed by atoms with E-state index >= 15 is 0 Å². The molecule has 0 atom stereocenters. The van der Waals surface area contributed by atoms with Gasteiger partial charge in [-0.3, -0.25) is 4.98 Å². The molecule has 1 aromatic carbocycles. The second-order valence-electron chi connectivity index (χ2n) is 3.85. The molecule has 1 N–H and O–H groups in total. The van der Waals surface area contributed by atoms with E-state index in [1.165, 1.54) is 13.2 Å². The number of carboxylic acids is 1. The van der Waals surface area contributed by atoms with Gasteiger partial charge >= 0.3 is 5.97 Å². The molecule has 0 unspecified atom stereocenters. The first-order chi connectivity index (χ1) is 9.10. The van der Waals surface area contributed by atoms with Crippen LogP contribution in [-0.2, 0) is 6.42 Å². The molecule has 0 fully saturated rings. The zero-order chi connectivity index (χ0) is 13.8. The molecular formula is C13H11BrN2O3. The van der Waals surface area contributed by atoms with E-state index in [0.29, 0.717) is 16.8 Å². The van der Waals surface area contributed by atoms with Crippen LogP contribution >= 0.6 is 15.9 Å². The fourth-order valence-corrected chi connectivity index (χ4v) is 2.04. The standard InChI is InChI=1S/C13H11BrN2O3/c1-19-11-5-8(2-3-10(11)13(17)18)4-9-6-15-7-12(14)16-9/h2-3,5-7H,4H2,1H3,(H,17,18). The number of rotatable bonds is 4. The van der Waals surface area contributed by atoms with Gasteiger partial charge in [-0.05, 0) is 33.6 Å². The summed E-state index contributed by atoms with van der Waals surface area (Å²) in [6, 6.07) is 4.97. The number of aromatic nitrogens is 2. The minimum Gasteiger partial charge on any atom is -0.496 e. The van der Waals surface area contributed by atoms with Crippen LogP contribution in [0.2, 0.25) is 0 Å². The van der Waals surface area contributed by atoms with Crippen molar-refractivity contribution in [3.8, 4) is 5.75 Å². The average Bonchev–Trinajstić information content (AvgIpc) is 2.38. The summed E-state index contributed by atoms with van der Waals surface area (Å²) in [6.07, 6.45) is 3.84. The summed E-state index contributed by atoms with van der Waals surface area (Å²) in [5.74, 6) is -0.668. The van der Waals surface area contributed by atoms with E-state index in [-0.39, 0.29) is 5.56 Å². The first kappa shape index (κ1) is 13.5. The van der Waals surface area contributed by atoms with Crippen LogP contribution in [0.3, 0.4) is 0 Å². The number of aromatic carboxylic acids is 1. The predicted octanol–water partition coefficient (Wildman–Crippen LogP) is 2.54. The summed E-state index contributed by atoms with van der Waals surface area (Å²) >= 11 is 3.26. The molecule has 1 aromatic heterocycles. The maximum atomic E-state index is 11.0. The lowest BCUT2D eigenvalue weighted by Gasteiger charge is -2.07. The van der Waals surface area contributed by atoms with Crippen molar-refractivity contribution in [2.24, 2.45) is 0 Å². The van der Waals surface area contributed by atoms with Gasteiger partial charge in [0.25, 0.3) is 0 Å². The second kappa shape index (κ2) is 5.79. The molecular weight excluding hydrogens is 312 g/mol. The topological polar surface area (TPSA) is 72.3 Å². The minimum atomic E-state index is -1.01. The van der Waals surface area contributed by atoms with Crippen molar-refractivity contribution >= 4 is 21.9 Å². The molecule has 0 aliphatic carbocycles. The maximum absolute atomic E-state index is 11.0. The second-order valence-corrected chi connectivity index (χ2v) is 4.66. The Labute approximate surface area is 118 Å². The summed E-state index contributed by atoms with van der Waals surface area (Å²) in [4.78, 5) is 19.3. The quantitative estimate of drug-likeness (QED) is 0.936. The van der Waals surface area contributed by atoms with Crippen molar-refractivity contribution in [1.82, 2.24) is 9.97 Å². The number of halogens is 1. The molecule has 0 aliphatic rings. The minimum absolute atomic E-state index is 0.145. The van der Waals surface area contributed by atoms with Gasteiger partial charge in [0.15, 0.2) is 0 Å². The van der Waals surface area contributed by atoms with Crippen LogP contribution < -0.4 is 4.74 Å². The first-order valence-electron chi connectivity index (χ1n) is 5.47. The van der Waals surface area contributed by atoms with Crippen LogP contribution in [0.15, 0.2) is 35.2 Å². The molecule has 1 heterocycles. The molecule has 0 aliphatic heterocycles. The number of carbonyl (C=O) groups is 1. The van der Waals surface area contributed by atoms with Crippen molar-refractivity contribution in [2.45, 2.75) is 6.42 Å². The van der Waals surface area contributed by atoms with Gasteiger partial charge in [0, 0.05) is 12.6 Å². The molecule has 19 heavy (non-hydrogen) atoms.